The van der Waals surface area contributed by atoms with Crippen LogP contribution in [0.25, 0.3) is 0 Å². The van der Waals surface area contributed by atoms with E-state index >= 15 is 0 Å². The van der Waals surface area contributed by atoms with Crippen molar-refractivity contribution in [2.45, 2.75) is 24.7 Å². The number of carbonyl (C=O) groups is 1. The Morgan fingerprint density at radius 3 is 2.59 bits per heavy atom. The molecule has 0 fully saturated rings. The number of fused-ring (bicyclic) bond motifs is 1. The second-order valence-electron chi connectivity index (χ2n) is 6.39. The molecular weight excluding hydrogens is 410 g/mol. The van der Waals surface area contributed by atoms with Gasteiger partial charge < -0.3 is 15.0 Å². The van der Waals surface area contributed by atoms with E-state index in [9.17, 15) is 13.2 Å². The number of thioether (sulfide) groups is 1. The lowest BCUT2D eigenvalue weighted by Crippen LogP contribution is -2.35. The van der Waals surface area contributed by atoms with Gasteiger partial charge in [0.25, 0.3) is 10.0 Å². The third-order valence-corrected chi connectivity index (χ3v) is 6.71. The number of hydrogen-bond donors (Lipinski definition) is 1. The second-order valence-corrected chi connectivity index (χ2v) is 8.90. The van der Waals surface area contributed by atoms with Crippen LogP contribution in [0.3, 0.4) is 0 Å². The Morgan fingerprint density at radius 1 is 1.17 bits per heavy atom. The first-order valence-corrected chi connectivity index (χ1v) is 11.7. The molecule has 9 heteroatoms. The lowest BCUT2D eigenvalue weighted by Gasteiger charge is -2.30. The topological polar surface area (TPSA) is 88.1 Å². The van der Waals surface area contributed by atoms with Gasteiger partial charge in [0.05, 0.1) is 18.6 Å². The average Bonchev–Trinajstić information content (AvgIpc) is 2.72. The normalized spacial score (nSPS) is 14.7. The summed E-state index contributed by atoms with van der Waals surface area (Å²) in [5.74, 6) is 0.504. The zero-order valence-corrected chi connectivity index (χ0v) is 17.9. The summed E-state index contributed by atoms with van der Waals surface area (Å²) in [7, 11) is -2.21. The van der Waals surface area contributed by atoms with E-state index in [1.807, 2.05) is 4.90 Å². The molecule has 1 amide bonds. The zero-order chi connectivity index (χ0) is 20.9. The molecule has 0 saturated carbocycles. The lowest BCUT2D eigenvalue weighted by molar-refractivity contribution is -0.113. The van der Waals surface area contributed by atoms with Crippen molar-refractivity contribution in [3.8, 4) is 5.75 Å². The van der Waals surface area contributed by atoms with E-state index in [0.29, 0.717) is 28.8 Å². The van der Waals surface area contributed by atoms with Crippen LogP contribution in [-0.4, -0.2) is 38.9 Å². The number of hydrogen-bond acceptors (Lipinski definition) is 6. The fourth-order valence-electron chi connectivity index (χ4n) is 2.84. The van der Waals surface area contributed by atoms with E-state index in [1.54, 1.807) is 55.6 Å². The number of rotatable bonds is 7. The number of ether oxygens (including phenoxy) is 1. The molecule has 1 aliphatic heterocycles. The van der Waals surface area contributed by atoms with E-state index in [-0.39, 0.29) is 16.6 Å². The summed E-state index contributed by atoms with van der Waals surface area (Å²) in [6, 6.07) is 13.8. The summed E-state index contributed by atoms with van der Waals surface area (Å²) >= 11 is 1.12. The van der Waals surface area contributed by atoms with Crippen LogP contribution in [0.5, 0.6) is 5.75 Å². The van der Waals surface area contributed by atoms with Gasteiger partial charge in [-0.1, -0.05) is 37.2 Å². The number of unbranched alkanes of at least 4 members (excludes halogenated alkanes) is 1. The van der Waals surface area contributed by atoms with Gasteiger partial charge in [0, 0.05) is 12.2 Å². The summed E-state index contributed by atoms with van der Waals surface area (Å²) < 4.78 is 34.2. The molecule has 1 heterocycles. The number of carbonyl (C=O) groups excluding carboxylic acids is 1. The number of nitrogens with zero attached hydrogens (tertiary/aromatic N) is 2. The largest absolute Gasteiger partial charge is 0.497 e. The predicted octanol–water partition coefficient (Wildman–Crippen LogP) is 3.73. The van der Waals surface area contributed by atoms with Crippen molar-refractivity contribution in [3.63, 3.8) is 0 Å². The highest BCUT2D eigenvalue weighted by Gasteiger charge is 2.30. The van der Waals surface area contributed by atoms with Crippen LogP contribution in [0, 0.1) is 0 Å². The van der Waals surface area contributed by atoms with Crippen molar-refractivity contribution in [2.75, 3.05) is 29.6 Å². The van der Waals surface area contributed by atoms with Gasteiger partial charge >= 0.3 is 0 Å². The second kappa shape index (κ2) is 9.32. The van der Waals surface area contributed by atoms with Gasteiger partial charge in [-0.2, -0.15) is 8.42 Å². The minimum atomic E-state index is -3.78. The molecule has 0 aromatic heterocycles. The van der Waals surface area contributed by atoms with Crippen LogP contribution in [0.2, 0.25) is 0 Å². The molecular formula is C20H23N3O4S2. The van der Waals surface area contributed by atoms with Crippen molar-refractivity contribution in [1.82, 2.24) is 0 Å². The van der Waals surface area contributed by atoms with Crippen LogP contribution in [0.1, 0.15) is 19.8 Å². The van der Waals surface area contributed by atoms with E-state index in [0.717, 1.165) is 24.6 Å². The molecule has 0 bridgehead atoms. The molecule has 2 aromatic rings. The van der Waals surface area contributed by atoms with Gasteiger partial charge in [-0.15, -0.1) is 4.40 Å². The number of methoxy groups -OCH3 is 1. The number of para-hydroxylation sites is 1. The first kappa shape index (κ1) is 21.2. The summed E-state index contributed by atoms with van der Waals surface area (Å²) in [6.45, 7) is 2.70. The first-order chi connectivity index (χ1) is 13.9. The van der Waals surface area contributed by atoms with Gasteiger partial charge in [0.2, 0.25) is 5.91 Å². The monoisotopic (exact) mass is 433 g/mol. The number of anilines is 2. The molecule has 3 rings (SSSR count). The number of benzene rings is 2. The molecule has 0 unspecified atom stereocenters. The average molecular weight is 434 g/mol. The van der Waals surface area contributed by atoms with Crippen LogP contribution in [-0.2, 0) is 14.8 Å². The SMILES string of the molecule is CCCCN1C(SCC(=O)Nc2ccc(OC)cc2)=NS(=O)(=O)c2ccccc21. The van der Waals surface area contributed by atoms with Crippen molar-refractivity contribution in [1.29, 1.82) is 0 Å². The molecule has 1 N–H and O–H groups in total. The smallest absolute Gasteiger partial charge is 0.286 e. The Bertz CT molecular complexity index is 1000. The lowest BCUT2D eigenvalue weighted by atomic mass is 10.2. The van der Waals surface area contributed by atoms with E-state index in [2.05, 4.69) is 16.6 Å². The number of nitrogens with one attached hydrogen (secondary N) is 1. The fourth-order valence-corrected chi connectivity index (χ4v) is 5.12. The summed E-state index contributed by atoms with van der Waals surface area (Å²) in [6.07, 6.45) is 1.84. The Kier molecular flexibility index (Phi) is 6.81. The van der Waals surface area contributed by atoms with E-state index in [4.69, 9.17) is 4.74 Å². The maximum Gasteiger partial charge on any atom is 0.286 e. The Balaban J connectivity index is 1.73. The minimum Gasteiger partial charge on any atom is -0.497 e. The maximum absolute atomic E-state index is 12.6. The summed E-state index contributed by atoms with van der Waals surface area (Å²) in [5, 5.41) is 3.11. The zero-order valence-electron chi connectivity index (χ0n) is 16.3. The fraction of sp³-hybridized carbons (Fsp3) is 0.300. The van der Waals surface area contributed by atoms with Crippen LogP contribution in [0.15, 0.2) is 57.8 Å². The van der Waals surface area contributed by atoms with Crippen LogP contribution >= 0.6 is 11.8 Å². The minimum absolute atomic E-state index is 0.0468. The molecule has 0 radical (unpaired) electrons. The molecule has 1 aliphatic rings. The maximum atomic E-state index is 12.6. The van der Waals surface area contributed by atoms with Crippen molar-refractivity contribution >= 4 is 44.2 Å². The predicted molar refractivity (Wildman–Crippen MR) is 117 cm³/mol. The van der Waals surface area contributed by atoms with Gasteiger partial charge in [-0.25, -0.2) is 0 Å². The summed E-state index contributed by atoms with van der Waals surface area (Å²) in [4.78, 5) is 14.4. The van der Waals surface area contributed by atoms with E-state index in [1.165, 1.54) is 0 Å². The highest BCUT2D eigenvalue weighted by atomic mass is 32.2. The molecule has 0 spiro atoms. The van der Waals surface area contributed by atoms with Crippen molar-refractivity contribution < 1.29 is 17.9 Å². The molecule has 2 aromatic carbocycles. The van der Waals surface area contributed by atoms with Crippen molar-refractivity contribution in [3.05, 3.63) is 48.5 Å². The molecule has 0 atom stereocenters. The molecule has 154 valence electrons. The van der Waals surface area contributed by atoms with Gasteiger partial charge in [-0.3, -0.25) is 4.79 Å². The number of amides is 1. The third-order valence-electron chi connectivity index (χ3n) is 4.30. The number of amidine groups is 1. The molecule has 0 saturated heterocycles. The van der Waals surface area contributed by atoms with Crippen LogP contribution < -0.4 is 15.0 Å². The van der Waals surface area contributed by atoms with Crippen molar-refractivity contribution in [2.24, 2.45) is 4.40 Å². The third kappa shape index (κ3) is 5.10. The number of sulfonamides is 1. The van der Waals surface area contributed by atoms with Gasteiger partial charge in [0.1, 0.15) is 10.6 Å². The first-order valence-electron chi connectivity index (χ1n) is 9.23. The molecule has 7 nitrogen and oxygen atoms in total. The molecule has 0 aliphatic carbocycles. The highest BCUT2D eigenvalue weighted by molar-refractivity contribution is 8.15. The summed E-state index contributed by atoms with van der Waals surface area (Å²) in [5.41, 5.74) is 1.25. The highest BCUT2D eigenvalue weighted by Crippen LogP contribution is 2.34. The Hall–Kier alpha value is -2.52. The van der Waals surface area contributed by atoms with E-state index < -0.39 is 10.0 Å². The van der Waals surface area contributed by atoms with Gasteiger partial charge in [0.15, 0.2) is 5.17 Å². The Morgan fingerprint density at radius 2 is 1.90 bits per heavy atom. The standard InChI is InChI=1S/C20H23N3O4S2/c1-3-4-13-23-17-7-5-6-8-18(17)29(25,26)22-20(23)28-14-19(24)21-15-9-11-16(27-2)12-10-15/h5-12H,3-4,13-14H2,1-2H3,(H,21,24). The Labute approximate surface area is 175 Å². The molecule has 29 heavy (non-hydrogen) atoms. The van der Waals surface area contributed by atoms with Gasteiger partial charge in [-0.05, 0) is 42.8 Å². The quantitative estimate of drug-likeness (QED) is 0.716. The van der Waals surface area contributed by atoms with Crippen LogP contribution in [0.4, 0.5) is 11.4 Å².